The minimum absolute atomic E-state index is 0.149. The third-order valence-corrected chi connectivity index (χ3v) is 3.12. The molecule has 0 aromatic carbocycles. The summed E-state index contributed by atoms with van der Waals surface area (Å²) in [4.78, 5) is 12.3. The summed E-state index contributed by atoms with van der Waals surface area (Å²) in [6.07, 6.45) is 2.34. The normalized spacial score (nSPS) is 34.0. The molecule has 1 spiro atoms. The molecule has 4 nitrogen and oxygen atoms in total. The van der Waals surface area contributed by atoms with Gasteiger partial charge in [-0.3, -0.25) is 0 Å². The van der Waals surface area contributed by atoms with Crippen molar-refractivity contribution in [3.05, 3.63) is 0 Å². The zero-order chi connectivity index (χ0) is 9.31. The van der Waals surface area contributed by atoms with Gasteiger partial charge in [0.2, 0.25) is 0 Å². The Morgan fingerprint density at radius 2 is 2.31 bits per heavy atom. The topological polar surface area (TPSA) is 49.8 Å². The summed E-state index contributed by atoms with van der Waals surface area (Å²) < 4.78 is 5.35. The third kappa shape index (κ3) is 1.63. The summed E-state index contributed by atoms with van der Waals surface area (Å²) in [6, 6.07) is 0. The van der Waals surface area contributed by atoms with Crippen LogP contribution in [0.4, 0.5) is 4.79 Å². The molecule has 0 radical (unpaired) electrons. The Labute approximate surface area is 77.5 Å². The number of carboxylic acid groups (broad SMARTS) is 1. The first kappa shape index (κ1) is 8.81. The summed E-state index contributed by atoms with van der Waals surface area (Å²) in [7, 11) is 0. The number of carbonyl (C=O) groups is 1. The molecular formula is C9H15NO3. The van der Waals surface area contributed by atoms with Crippen molar-refractivity contribution in [2.24, 2.45) is 5.41 Å². The first-order valence-electron chi connectivity index (χ1n) is 4.78. The van der Waals surface area contributed by atoms with Gasteiger partial charge in [-0.25, -0.2) is 4.79 Å². The highest BCUT2D eigenvalue weighted by atomic mass is 16.5. The van der Waals surface area contributed by atoms with Crippen LogP contribution in [-0.4, -0.2) is 42.4 Å². The van der Waals surface area contributed by atoms with Crippen molar-refractivity contribution in [1.82, 2.24) is 4.90 Å². The molecule has 1 atom stereocenters. The number of rotatable bonds is 0. The average molecular weight is 185 g/mol. The van der Waals surface area contributed by atoms with Crippen LogP contribution in [0.25, 0.3) is 0 Å². The number of likely N-dealkylation sites (tertiary alicyclic amines) is 1. The summed E-state index contributed by atoms with van der Waals surface area (Å²) in [6.45, 7) is 2.91. The molecule has 13 heavy (non-hydrogen) atoms. The molecule has 2 aliphatic heterocycles. The van der Waals surface area contributed by atoms with E-state index in [9.17, 15) is 4.79 Å². The fourth-order valence-electron chi connectivity index (χ4n) is 2.34. The molecule has 1 N–H and O–H groups in total. The fraction of sp³-hybridized carbons (Fsp3) is 0.889. The SMILES string of the molecule is O=C(O)N1CCCC2(CCOC2)C1. The molecule has 2 heterocycles. The van der Waals surface area contributed by atoms with Gasteiger partial charge in [-0.2, -0.15) is 0 Å². The van der Waals surface area contributed by atoms with Crippen LogP contribution in [0.1, 0.15) is 19.3 Å². The summed E-state index contributed by atoms with van der Waals surface area (Å²) >= 11 is 0. The highest BCUT2D eigenvalue weighted by Gasteiger charge is 2.40. The third-order valence-electron chi connectivity index (χ3n) is 3.12. The van der Waals surface area contributed by atoms with E-state index in [1.165, 1.54) is 4.90 Å². The van der Waals surface area contributed by atoms with Gasteiger partial charge >= 0.3 is 6.09 Å². The van der Waals surface area contributed by atoms with Gasteiger partial charge in [-0.15, -0.1) is 0 Å². The summed E-state index contributed by atoms with van der Waals surface area (Å²) in [5, 5.41) is 8.87. The van der Waals surface area contributed by atoms with Crippen molar-refractivity contribution in [1.29, 1.82) is 0 Å². The molecule has 2 saturated heterocycles. The molecular weight excluding hydrogens is 170 g/mol. The van der Waals surface area contributed by atoms with Crippen molar-refractivity contribution in [3.63, 3.8) is 0 Å². The van der Waals surface area contributed by atoms with Gasteiger partial charge in [0, 0.05) is 25.1 Å². The molecule has 0 aliphatic carbocycles. The molecule has 0 aromatic heterocycles. The molecule has 2 rings (SSSR count). The van der Waals surface area contributed by atoms with Crippen LogP contribution in [0.5, 0.6) is 0 Å². The first-order valence-corrected chi connectivity index (χ1v) is 4.78. The lowest BCUT2D eigenvalue weighted by atomic mass is 9.79. The molecule has 4 heteroatoms. The Morgan fingerprint density at radius 1 is 1.46 bits per heavy atom. The van der Waals surface area contributed by atoms with E-state index in [2.05, 4.69) is 0 Å². The van der Waals surface area contributed by atoms with Crippen LogP contribution in [0.2, 0.25) is 0 Å². The zero-order valence-corrected chi connectivity index (χ0v) is 7.66. The van der Waals surface area contributed by atoms with Crippen molar-refractivity contribution in [3.8, 4) is 0 Å². The van der Waals surface area contributed by atoms with Gasteiger partial charge < -0.3 is 14.7 Å². The smallest absolute Gasteiger partial charge is 0.407 e. The molecule has 0 aromatic rings. The lowest BCUT2D eigenvalue weighted by Gasteiger charge is -2.37. The predicted octanol–water partition coefficient (Wildman–Crippen LogP) is 1.17. The largest absolute Gasteiger partial charge is 0.465 e. The Bertz CT molecular complexity index is 211. The van der Waals surface area contributed by atoms with Crippen LogP contribution < -0.4 is 0 Å². The molecule has 0 bridgehead atoms. The Hall–Kier alpha value is -0.770. The number of hydrogen-bond acceptors (Lipinski definition) is 2. The average Bonchev–Trinajstić information content (AvgIpc) is 2.53. The number of ether oxygens (including phenoxy) is 1. The number of nitrogens with zero attached hydrogens (tertiary/aromatic N) is 1. The zero-order valence-electron chi connectivity index (χ0n) is 7.66. The van der Waals surface area contributed by atoms with E-state index in [0.717, 1.165) is 32.5 Å². The Kier molecular flexibility index (Phi) is 2.15. The quantitative estimate of drug-likeness (QED) is 0.616. The maximum absolute atomic E-state index is 10.8. The summed E-state index contributed by atoms with van der Waals surface area (Å²) in [5.74, 6) is 0. The van der Waals surface area contributed by atoms with Crippen LogP contribution in [0, 0.1) is 5.41 Å². The standard InChI is InChI=1S/C9H15NO3/c11-8(12)10-4-1-2-9(6-10)3-5-13-7-9/h1-7H2,(H,11,12). The number of piperidine rings is 1. The molecule has 1 amide bonds. The lowest BCUT2D eigenvalue weighted by molar-refractivity contribution is 0.0646. The molecule has 0 saturated carbocycles. The Balaban J connectivity index is 2.02. The second kappa shape index (κ2) is 3.18. The highest BCUT2D eigenvalue weighted by Crippen LogP contribution is 2.37. The second-order valence-corrected chi connectivity index (χ2v) is 4.11. The van der Waals surface area contributed by atoms with Gasteiger partial charge in [0.25, 0.3) is 0 Å². The van der Waals surface area contributed by atoms with E-state index >= 15 is 0 Å². The van der Waals surface area contributed by atoms with Crippen molar-refractivity contribution in [2.45, 2.75) is 19.3 Å². The van der Waals surface area contributed by atoms with Crippen molar-refractivity contribution >= 4 is 6.09 Å². The number of amides is 1. The second-order valence-electron chi connectivity index (χ2n) is 4.11. The van der Waals surface area contributed by atoms with Gasteiger partial charge in [-0.05, 0) is 19.3 Å². The van der Waals surface area contributed by atoms with Crippen molar-refractivity contribution < 1.29 is 14.6 Å². The van der Waals surface area contributed by atoms with E-state index < -0.39 is 6.09 Å². The molecule has 74 valence electrons. The highest BCUT2D eigenvalue weighted by molar-refractivity contribution is 5.65. The van der Waals surface area contributed by atoms with Crippen LogP contribution >= 0.6 is 0 Å². The fourth-order valence-corrected chi connectivity index (χ4v) is 2.34. The Morgan fingerprint density at radius 3 is 2.92 bits per heavy atom. The molecule has 2 aliphatic rings. The van der Waals surface area contributed by atoms with E-state index in [4.69, 9.17) is 9.84 Å². The molecule has 1 unspecified atom stereocenters. The van der Waals surface area contributed by atoms with Gasteiger partial charge in [0.05, 0.1) is 6.61 Å². The van der Waals surface area contributed by atoms with Gasteiger partial charge in [0.15, 0.2) is 0 Å². The van der Waals surface area contributed by atoms with Gasteiger partial charge in [0.1, 0.15) is 0 Å². The number of hydrogen-bond donors (Lipinski definition) is 1. The molecule has 2 fully saturated rings. The lowest BCUT2D eigenvalue weighted by Crippen LogP contribution is -2.45. The van der Waals surface area contributed by atoms with Crippen LogP contribution in [0.15, 0.2) is 0 Å². The van der Waals surface area contributed by atoms with Crippen molar-refractivity contribution in [2.75, 3.05) is 26.3 Å². The maximum Gasteiger partial charge on any atom is 0.407 e. The van der Waals surface area contributed by atoms with E-state index in [0.29, 0.717) is 13.1 Å². The van der Waals surface area contributed by atoms with Gasteiger partial charge in [-0.1, -0.05) is 0 Å². The van der Waals surface area contributed by atoms with E-state index in [1.54, 1.807) is 0 Å². The van der Waals surface area contributed by atoms with E-state index in [1.807, 2.05) is 0 Å². The predicted molar refractivity (Wildman–Crippen MR) is 46.7 cm³/mol. The van der Waals surface area contributed by atoms with E-state index in [-0.39, 0.29) is 5.41 Å². The minimum Gasteiger partial charge on any atom is -0.465 e. The monoisotopic (exact) mass is 185 g/mol. The minimum atomic E-state index is -0.786. The van der Waals surface area contributed by atoms with Crippen LogP contribution in [-0.2, 0) is 4.74 Å². The maximum atomic E-state index is 10.8. The first-order chi connectivity index (χ1) is 6.22. The van der Waals surface area contributed by atoms with Crippen LogP contribution in [0.3, 0.4) is 0 Å². The summed E-state index contributed by atoms with van der Waals surface area (Å²) in [5.41, 5.74) is 0.149.